The van der Waals surface area contributed by atoms with Gasteiger partial charge in [-0.3, -0.25) is 0 Å². The highest BCUT2D eigenvalue weighted by molar-refractivity contribution is 6.26. The molecule has 4 heteroatoms. The van der Waals surface area contributed by atoms with Gasteiger partial charge in [0.25, 0.3) is 0 Å². The van der Waals surface area contributed by atoms with Crippen LogP contribution in [0.15, 0.2) is 52.7 Å². The molecule has 0 aliphatic carbocycles. The lowest BCUT2D eigenvalue weighted by atomic mass is 9.48. The van der Waals surface area contributed by atoms with E-state index in [1.807, 2.05) is 0 Å². The summed E-state index contributed by atoms with van der Waals surface area (Å²) >= 11 is 0. The number of hydrogen-bond acceptors (Lipinski definition) is 2. The van der Waals surface area contributed by atoms with E-state index < -0.39 is 0 Å². The first-order chi connectivity index (χ1) is 20.1. The molecule has 42 heavy (non-hydrogen) atoms. The summed E-state index contributed by atoms with van der Waals surface area (Å²) < 4.78 is 0. The largest absolute Gasteiger partial charge is 0.358 e. The second kappa shape index (κ2) is 11.2. The van der Waals surface area contributed by atoms with Crippen molar-refractivity contribution in [3.8, 4) is 0 Å². The molecule has 5 unspecified atom stereocenters. The summed E-state index contributed by atoms with van der Waals surface area (Å²) in [5, 5.41) is 6.99. The number of rotatable bonds is 8. The van der Waals surface area contributed by atoms with Gasteiger partial charge in [-0.2, -0.15) is 0 Å². The van der Waals surface area contributed by atoms with Crippen LogP contribution in [0.5, 0.6) is 0 Å². The first-order valence-corrected chi connectivity index (χ1v) is 17.0. The second-order valence-corrected chi connectivity index (χ2v) is 13.4. The summed E-state index contributed by atoms with van der Waals surface area (Å²) in [5.41, 5.74) is 8.83. The van der Waals surface area contributed by atoms with Crippen LogP contribution in [0.25, 0.3) is 11.1 Å². The first-order valence-electron chi connectivity index (χ1n) is 17.0. The normalized spacial score (nSPS) is 32.7. The lowest BCUT2D eigenvalue weighted by Gasteiger charge is -2.55. The minimum Gasteiger partial charge on any atom is -0.358 e. The zero-order valence-corrected chi connectivity index (χ0v) is 28.1. The standard InChI is InChI=1S/C38H56N4/c1-11-25-29-19-20-30(39-29)26(12-2)32-22-24-34(41-32)28(14-4)38(18-8)36(10,16-6)35(9,15-5)37(17-7,42-38)27(13-3)33-23-21-31(25)40-33/h19-24,27,39-40,42H,11-18H2,1-10H3. The van der Waals surface area contributed by atoms with E-state index in [9.17, 15) is 0 Å². The Balaban J connectivity index is 1.96. The molecule has 3 aliphatic rings. The Morgan fingerprint density at radius 3 is 1.90 bits per heavy atom. The summed E-state index contributed by atoms with van der Waals surface area (Å²) in [6.45, 7) is 24.2. The maximum Gasteiger partial charge on any atom is 0.0690 e. The summed E-state index contributed by atoms with van der Waals surface area (Å²) in [5.74, 6) is 0.354. The molecule has 0 saturated carbocycles. The molecule has 2 aromatic heterocycles. The molecular weight excluding hydrogens is 512 g/mol. The lowest BCUT2D eigenvalue weighted by molar-refractivity contribution is -0.00126. The van der Waals surface area contributed by atoms with Gasteiger partial charge in [0.1, 0.15) is 0 Å². The highest BCUT2D eigenvalue weighted by atomic mass is 15.2. The number of nitrogens with zero attached hydrogens (tertiary/aromatic N) is 1. The molecule has 5 atom stereocenters. The van der Waals surface area contributed by atoms with E-state index in [4.69, 9.17) is 4.99 Å². The van der Waals surface area contributed by atoms with E-state index in [2.05, 4.69) is 121 Å². The topological polar surface area (TPSA) is 56.0 Å². The minimum atomic E-state index is -0.164. The number of aliphatic imine (C=N–C) groups is 1. The average Bonchev–Trinajstić information content (AvgIpc) is 3.81. The number of fused-ring (bicyclic) bond motifs is 7. The van der Waals surface area contributed by atoms with Gasteiger partial charge in [0.2, 0.25) is 0 Å². The molecule has 8 bridgehead atoms. The van der Waals surface area contributed by atoms with Gasteiger partial charge in [-0.15, -0.1) is 0 Å². The van der Waals surface area contributed by atoms with Crippen LogP contribution in [0.4, 0.5) is 0 Å². The van der Waals surface area contributed by atoms with E-state index >= 15 is 0 Å². The van der Waals surface area contributed by atoms with Crippen LogP contribution < -0.4 is 16.0 Å². The molecule has 1 fully saturated rings. The minimum absolute atomic E-state index is 0.0345. The van der Waals surface area contributed by atoms with Gasteiger partial charge < -0.3 is 15.3 Å². The number of allylic oxidation sites excluding steroid dienone is 2. The number of nitrogens with one attached hydrogen (secondary N) is 3. The van der Waals surface area contributed by atoms with Crippen molar-refractivity contribution in [2.75, 3.05) is 0 Å². The van der Waals surface area contributed by atoms with E-state index in [1.165, 1.54) is 44.5 Å². The molecule has 0 amide bonds. The van der Waals surface area contributed by atoms with Crippen LogP contribution in [0.1, 0.15) is 138 Å². The number of aromatic amines is 2. The van der Waals surface area contributed by atoms with Gasteiger partial charge in [0, 0.05) is 44.7 Å². The van der Waals surface area contributed by atoms with E-state index in [1.54, 1.807) is 0 Å². The Kier molecular flexibility index (Phi) is 8.20. The van der Waals surface area contributed by atoms with Crippen molar-refractivity contribution in [1.82, 2.24) is 15.3 Å². The maximum absolute atomic E-state index is 5.45. The molecule has 0 radical (unpaired) electrons. The fourth-order valence-corrected chi connectivity index (χ4v) is 10.1. The summed E-state index contributed by atoms with van der Waals surface area (Å²) in [4.78, 5) is 13.3. The Labute approximate surface area is 255 Å². The van der Waals surface area contributed by atoms with Gasteiger partial charge >= 0.3 is 0 Å². The van der Waals surface area contributed by atoms with Crippen molar-refractivity contribution in [2.24, 2.45) is 15.8 Å². The first kappa shape index (κ1) is 30.9. The van der Waals surface area contributed by atoms with Crippen LogP contribution in [0.3, 0.4) is 0 Å². The van der Waals surface area contributed by atoms with E-state index in [-0.39, 0.29) is 21.9 Å². The van der Waals surface area contributed by atoms with Crippen LogP contribution in [0.2, 0.25) is 0 Å². The Bertz CT molecular complexity index is 1540. The highest BCUT2D eigenvalue weighted by Gasteiger charge is 2.72. The summed E-state index contributed by atoms with van der Waals surface area (Å²) in [6, 6.07) is 9.24. The van der Waals surface area contributed by atoms with E-state index in [0.29, 0.717) is 5.92 Å². The SMILES string of the molecule is CCC1=C2C=CC(=N2)C(CC)=c2ccc([nH]2)=C(CC)c2ccc([nH]2)C(CC)C2(CC)NC1(CC)C(C)(CC)C2(C)CC. The zero-order valence-electron chi connectivity index (χ0n) is 28.1. The van der Waals surface area contributed by atoms with Gasteiger partial charge in [-0.05, 0) is 110 Å². The van der Waals surface area contributed by atoms with Crippen molar-refractivity contribution >= 4 is 16.9 Å². The fourth-order valence-electron chi connectivity index (χ4n) is 10.1. The predicted molar refractivity (Wildman–Crippen MR) is 180 cm³/mol. The van der Waals surface area contributed by atoms with Gasteiger partial charge in [-0.25, -0.2) is 4.99 Å². The lowest BCUT2D eigenvalue weighted by Crippen LogP contribution is -2.58. The van der Waals surface area contributed by atoms with Crippen LogP contribution in [0, 0.1) is 10.8 Å². The second-order valence-electron chi connectivity index (χ2n) is 13.4. The number of H-pyrrole nitrogens is 2. The summed E-state index contributed by atoms with van der Waals surface area (Å²) in [6.07, 6.45) is 12.9. The zero-order chi connectivity index (χ0) is 30.5. The molecule has 3 N–H and O–H groups in total. The monoisotopic (exact) mass is 568 g/mol. The molecule has 228 valence electrons. The smallest absolute Gasteiger partial charge is 0.0690 e. The molecule has 4 nitrogen and oxygen atoms in total. The Morgan fingerprint density at radius 1 is 0.690 bits per heavy atom. The molecule has 0 aromatic carbocycles. The average molecular weight is 569 g/mol. The summed E-state index contributed by atoms with van der Waals surface area (Å²) in [7, 11) is 0. The third-order valence-corrected chi connectivity index (χ3v) is 12.7. The van der Waals surface area contributed by atoms with Crippen molar-refractivity contribution in [3.63, 3.8) is 0 Å². The maximum atomic E-state index is 5.45. The van der Waals surface area contributed by atoms with Crippen molar-refractivity contribution in [2.45, 2.75) is 138 Å². The molecule has 0 spiro atoms. The van der Waals surface area contributed by atoms with Crippen molar-refractivity contribution in [1.29, 1.82) is 0 Å². The third kappa shape index (κ3) is 3.86. The van der Waals surface area contributed by atoms with Gasteiger partial charge in [0.05, 0.1) is 11.4 Å². The quantitative estimate of drug-likeness (QED) is 0.294. The van der Waals surface area contributed by atoms with Crippen molar-refractivity contribution in [3.05, 3.63) is 69.8 Å². The Hall–Kier alpha value is -2.59. The number of aromatic nitrogens is 2. The van der Waals surface area contributed by atoms with E-state index in [0.717, 1.165) is 57.1 Å². The molecule has 2 aromatic rings. The predicted octanol–water partition coefficient (Wildman–Crippen LogP) is 8.43. The molecule has 5 rings (SSSR count). The highest BCUT2D eigenvalue weighted by Crippen LogP contribution is 2.69. The van der Waals surface area contributed by atoms with Crippen LogP contribution in [-0.2, 0) is 0 Å². The van der Waals surface area contributed by atoms with Gasteiger partial charge in [-0.1, -0.05) is 69.2 Å². The molecule has 3 aliphatic heterocycles. The van der Waals surface area contributed by atoms with Gasteiger partial charge in [0.15, 0.2) is 0 Å². The molecule has 1 saturated heterocycles. The Morgan fingerprint density at radius 2 is 1.36 bits per heavy atom. The molecular formula is C38H56N4. The van der Waals surface area contributed by atoms with Crippen LogP contribution >= 0.6 is 0 Å². The third-order valence-electron chi connectivity index (χ3n) is 12.7. The fraction of sp³-hybridized carbons (Fsp3) is 0.605. The number of hydrogen-bond donors (Lipinski definition) is 3. The molecule has 5 heterocycles. The van der Waals surface area contributed by atoms with Crippen molar-refractivity contribution < 1.29 is 0 Å². The van der Waals surface area contributed by atoms with Crippen LogP contribution in [-0.4, -0.2) is 26.8 Å².